The summed E-state index contributed by atoms with van der Waals surface area (Å²) < 4.78 is 0. The van der Waals surface area contributed by atoms with E-state index in [9.17, 15) is 9.59 Å². The molecule has 5 nitrogen and oxygen atoms in total. The van der Waals surface area contributed by atoms with Crippen LogP contribution in [0.5, 0.6) is 0 Å². The number of likely N-dealkylation sites (N-methyl/N-ethyl adjacent to an activating group) is 1. The lowest BCUT2D eigenvalue weighted by Gasteiger charge is -2.35. The standard InChI is InChI=1S/C12H23N3O2/c1-12(2,14-3)11(17)15(8-10(13)16)9-6-4-5-7-9/h9,14H,4-8H2,1-3H3,(H2,13,16). The Bertz CT molecular complexity index is 296. The summed E-state index contributed by atoms with van der Waals surface area (Å²) in [6.45, 7) is 3.66. The quantitative estimate of drug-likeness (QED) is 0.724. The van der Waals surface area contributed by atoms with Crippen LogP contribution in [-0.2, 0) is 9.59 Å². The van der Waals surface area contributed by atoms with Crippen molar-refractivity contribution in [3.05, 3.63) is 0 Å². The molecule has 0 aromatic carbocycles. The van der Waals surface area contributed by atoms with Gasteiger partial charge in [0.05, 0.1) is 12.1 Å². The third-order valence-corrected chi connectivity index (χ3v) is 3.51. The normalized spacial score (nSPS) is 17.1. The first-order chi connectivity index (χ1) is 7.88. The van der Waals surface area contributed by atoms with E-state index in [0.29, 0.717) is 0 Å². The van der Waals surface area contributed by atoms with E-state index in [1.807, 2.05) is 13.8 Å². The summed E-state index contributed by atoms with van der Waals surface area (Å²) in [5, 5.41) is 2.97. The number of nitrogens with two attached hydrogens (primary N) is 1. The zero-order chi connectivity index (χ0) is 13.1. The first-order valence-electron chi connectivity index (χ1n) is 6.17. The monoisotopic (exact) mass is 241 g/mol. The highest BCUT2D eigenvalue weighted by molar-refractivity contribution is 5.89. The van der Waals surface area contributed by atoms with Crippen LogP contribution in [0.4, 0.5) is 0 Å². The van der Waals surface area contributed by atoms with Crippen molar-refractivity contribution in [1.82, 2.24) is 10.2 Å². The first kappa shape index (κ1) is 14.0. The summed E-state index contributed by atoms with van der Waals surface area (Å²) >= 11 is 0. The van der Waals surface area contributed by atoms with Crippen LogP contribution in [0.2, 0.25) is 0 Å². The van der Waals surface area contributed by atoms with E-state index in [4.69, 9.17) is 5.73 Å². The lowest BCUT2D eigenvalue weighted by Crippen LogP contribution is -2.57. The molecule has 0 aromatic rings. The lowest BCUT2D eigenvalue weighted by molar-refractivity contribution is -0.142. The van der Waals surface area contributed by atoms with Crippen molar-refractivity contribution < 1.29 is 9.59 Å². The molecule has 2 amide bonds. The van der Waals surface area contributed by atoms with Gasteiger partial charge in [0.1, 0.15) is 0 Å². The molecule has 1 aliphatic carbocycles. The third-order valence-electron chi connectivity index (χ3n) is 3.51. The maximum atomic E-state index is 12.4. The number of primary amides is 1. The molecule has 0 unspecified atom stereocenters. The molecule has 1 saturated carbocycles. The summed E-state index contributed by atoms with van der Waals surface area (Å²) in [6.07, 6.45) is 4.18. The van der Waals surface area contributed by atoms with Crippen LogP contribution in [0, 0.1) is 0 Å². The van der Waals surface area contributed by atoms with Crippen molar-refractivity contribution in [2.45, 2.75) is 51.1 Å². The SMILES string of the molecule is CNC(C)(C)C(=O)N(CC(N)=O)C1CCCC1. The molecule has 3 N–H and O–H groups in total. The Hall–Kier alpha value is -1.10. The van der Waals surface area contributed by atoms with Crippen molar-refractivity contribution in [3.8, 4) is 0 Å². The Labute approximate surface area is 103 Å². The minimum atomic E-state index is -0.655. The highest BCUT2D eigenvalue weighted by Crippen LogP contribution is 2.25. The molecule has 5 heteroatoms. The Balaban J connectivity index is 2.81. The van der Waals surface area contributed by atoms with Gasteiger partial charge in [0.15, 0.2) is 0 Å². The highest BCUT2D eigenvalue weighted by Gasteiger charge is 2.35. The van der Waals surface area contributed by atoms with Gasteiger partial charge in [-0.25, -0.2) is 0 Å². The molecule has 0 aliphatic heterocycles. The molecule has 0 spiro atoms. The first-order valence-corrected chi connectivity index (χ1v) is 6.17. The zero-order valence-electron chi connectivity index (χ0n) is 11.0. The molecule has 0 atom stereocenters. The maximum Gasteiger partial charge on any atom is 0.243 e. The van der Waals surface area contributed by atoms with Gasteiger partial charge in [-0.2, -0.15) is 0 Å². The molecule has 1 aliphatic rings. The molecule has 0 saturated heterocycles. The van der Waals surface area contributed by atoms with Crippen molar-refractivity contribution in [2.75, 3.05) is 13.6 Å². The van der Waals surface area contributed by atoms with Gasteiger partial charge in [-0.05, 0) is 33.7 Å². The minimum absolute atomic E-state index is 0.0224. The van der Waals surface area contributed by atoms with Crippen LogP contribution in [-0.4, -0.2) is 41.9 Å². The second kappa shape index (κ2) is 5.49. The van der Waals surface area contributed by atoms with Crippen molar-refractivity contribution in [2.24, 2.45) is 5.73 Å². The Kier molecular flexibility index (Phi) is 4.51. The van der Waals surface area contributed by atoms with Crippen LogP contribution in [0.3, 0.4) is 0 Å². The zero-order valence-corrected chi connectivity index (χ0v) is 11.0. The average Bonchev–Trinajstić information content (AvgIpc) is 2.77. The van der Waals surface area contributed by atoms with Gasteiger partial charge in [0.2, 0.25) is 11.8 Å². The largest absolute Gasteiger partial charge is 0.368 e. The van der Waals surface area contributed by atoms with E-state index in [1.54, 1.807) is 11.9 Å². The van der Waals surface area contributed by atoms with Crippen LogP contribution in [0.1, 0.15) is 39.5 Å². The molecule has 0 aromatic heterocycles. The number of hydrogen-bond donors (Lipinski definition) is 2. The molecule has 0 heterocycles. The minimum Gasteiger partial charge on any atom is -0.368 e. The second-order valence-corrected chi connectivity index (χ2v) is 5.21. The molecule has 98 valence electrons. The smallest absolute Gasteiger partial charge is 0.243 e. The van der Waals surface area contributed by atoms with E-state index in [0.717, 1.165) is 25.7 Å². The van der Waals surface area contributed by atoms with Crippen molar-refractivity contribution in [3.63, 3.8) is 0 Å². The van der Waals surface area contributed by atoms with E-state index in [-0.39, 0.29) is 18.5 Å². The maximum absolute atomic E-state index is 12.4. The number of carbonyl (C=O) groups is 2. The van der Waals surface area contributed by atoms with Crippen LogP contribution >= 0.6 is 0 Å². The number of hydrogen-bond acceptors (Lipinski definition) is 3. The summed E-state index contributed by atoms with van der Waals surface area (Å²) in [5.74, 6) is -0.497. The van der Waals surface area contributed by atoms with Gasteiger partial charge in [-0.1, -0.05) is 12.8 Å². The fraction of sp³-hybridized carbons (Fsp3) is 0.833. The molecule has 17 heavy (non-hydrogen) atoms. The van der Waals surface area contributed by atoms with Gasteiger partial charge in [0, 0.05) is 6.04 Å². The highest BCUT2D eigenvalue weighted by atomic mass is 16.2. The van der Waals surface area contributed by atoms with E-state index in [1.165, 1.54) is 0 Å². The van der Waals surface area contributed by atoms with Gasteiger partial charge in [-0.3, -0.25) is 9.59 Å². The fourth-order valence-corrected chi connectivity index (χ4v) is 2.22. The number of nitrogens with zero attached hydrogens (tertiary/aromatic N) is 1. The number of nitrogens with one attached hydrogen (secondary N) is 1. The summed E-state index contributed by atoms with van der Waals surface area (Å²) in [6, 6.07) is 0.169. The Morgan fingerprint density at radius 2 is 1.88 bits per heavy atom. The van der Waals surface area contributed by atoms with Gasteiger partial charge < -0.3 is 16.0 Å². The predicted octanol–water partition coefficient (Wildman–Crippen LogP) is 0.241. The van der Waals surface area contributed by atoms with Crippen molar-refractivity contribution in [1.29, 1.82) is 0 Å². The van der Waals surface area contributed by atoms with Gasteiger partial charge in [-0.15, -0.1) is 0 Å². The van der Waals surface area contributed by atoms with E-state index < -0.39 is 11.4 Å². The third kappa shape index (κ3) is 3.43. The van der Waals surface area contributed by atoms with Crippen LogP contribution in [0.15, 0.2) is 0 Å². The Morgan fingerprint density at radius 1 is 1.35 bits per heavy atom. The molecule has 0 bridgehead atoms. The molecular weight excluding hydrogens is 218 g/mol. The molecule has 1 rings (SSSR count). The molecular formula is C12H23N3O2. The molecule has 1 fully saturated rings. The number of rotatable bonds is 5. The number of amides is 2. The van der Waals surface area contributed by atoms with E-state index >= 15 is 0 Å². The van der Waals surface area contributed by atoms with Gasteiger partial charge in [0.25, 0.3) is 0 Å². The number of carbonyl (C=O) groups excluding carboxylic acids is 2. The average molecular weight is 241 g/mol. The summed E-state index contributed by atoms with van der Waals surface area (Å²) in [5.41, 5.74) is 4.58. The summed E-state index contributed by atoms with van der Waals surface area (Å²) in [4.78, 5) is 25.1. The topological polar surface area (TPSA) is 75.4 Å². The fourth-order valence-electron chi connectivity index (χ4n) is 2.22. The Morgan fingerprint density at radius 3 is 2.29 bits per heavy atom. The van der Waals surface area contributed by atoms with Crippen molar-refractivity contribution >= 4 is 11.8 Å². The predicted molar refractivity (Wildman–Crippen MR) is 66.3 cm³/mol. The van der Waals surface area contributed by atoms with E-state index in [2.05, 4.69) is 5.32 Å². The van der Waals surface area contributed by atoms with Crippen LogP contribution in [0.25, 0.3) is 0 Å². The van der Waals surface area contributed by atoms with Crippen LogP contribution < -0.4 is 11.1 Å². The summed E-state index contributed by atoms with van der Waals surface area (Å²) in [7, 11) is 1.75. The van der Waals surface area contributed by atoms with Gasteiger partial charge >= 0.3 is 0 Å². The second-order valence-electron chi connectivity index (χ2n) is 5.21. The lowest BCUT2D eigenvalue weighted by atomic mass is 10.0. The molecule has 0 radical (unpaired) electrons.